The first-order chi connectivity index (χ1) is 5.45. The SMILES string of the molecule is CC1=C(C)[C](C)([Ge][Cl])C(C)=C1C. The van der Waals surface area contributed by atoms with E-state index in [0.717, 1.165) is 0 Å². The van der Waals surface area contributed by atoms with Crippen LogP contribution in [0, 0.1) is 0 Å². The van der Waals surface area contributed by atoms with Crippen molar-refractivity contribution in [2.24, 2.45) is 0 Å². The van der Waals surface area contributed by atoms with Gasteiger partial charge in [-0.3, -0.25) is 0 Å². The van der Waals surface area contributed by atoms with E-state index >= 15 is 0 Å². The Labute approximate surface area is 85.7 Å². The molecule has 0 saturated heterocycles. The summed E-state index contributed by atoms with van der Waals surface area (Å²) in [5, 5.41) is 0. The first kappa shape index (κ1) is 10.4. The Morgan fingerprint density at radius 2 is 1.33 bits per heavy atom. The zero-order chi connectivity index (χ0) is 9.52. The van der Waals surface area contributed by atoms with Crippen LogP contribution in [0.5, 0.6) is 0 Å². The van der Waals surface area contributed by atoms with Gasteiger partial charge in [0.05, 0.1) is 0 Å². The molecule has 0 heterocycles. The first-order valence-corrected chi connectivity index (χ1v) is 7.99. The van der Waals surface area contributed by atoms with Crippen LogP contribution in [0.4, 0.5) is 0 Å². The topological polar surface area (TPSA) is 0 Å². The third-order valence-corrected chi connectivity index (χ3v) is 7.71. The Kier molecular flexibility index (Phi) is 2.79. The van der Waals surface area contributed by atoms with E-state index in [0.29, 0.717) is 0 Å². The monoisotopic (exact) mass is 244 g/mol. The zero-order valence-electron chi connectivity index (χ0n) is 8.38. The van der Waals surface area contributed by atoms with Crippen molar-refractivity contribution < 1.29 is 0 Å². The predicted octanol–water partition coefficient (Wildman–Crippen LogP) is 3.71. The number of allylic oxidation sites excluding steroid dienone is 4. The minimum absolute atomic E-state index is 0.246. The number of hydrogen-bond donors (Lipinski definition) is 0. The van der Waals surface area contributed by atoms with Crippen LogP contribution >= 0.6 is 10.0 Å². The maximum absolute atomic E-state index is 6.13. The molecule has 0 aromatic heterocycles. The van der Waals surface area contributed by atoms with E-state index in [1.807, 2.05) is 0 Å². The second-order valence-corrected chi connectivity index (χ2v) is 7.20. The van der Waals surface area contributed by atoms with Gasteiger partial charge in [-0.15, -0.1) is 0 Å². The van der Waals surface area contributed by atoms with Crippen molar-refractivity contribution in [3.63, 3.8) is 0 Å². The van der Waals surface area contributed by atoms with Gasteiger partial charge in [0.15, 0.2) is 0 Å². The summed E-state index contributed by atoms with van der Waals surface area (Å²) < 4.78 is 0.246. The van der Waals surface area contributed by atoms with Crippen molar-refractivity contribution >= 4 is 24.5 Å². The fourth-order valence-electron chi connectivity index (χ4n) is 1.74. The van der Waals surface area contributed by atoms with E-state index in [1.54, 1.807) is 0 Å². The molecular weight excluding hydrogens is 228 g/mol. The van der Waals surface area contributed by atoms with Gasteiger partial charge >= 0.3 is 85.7 Å². The zero-order valence-corrected chi connectivity index (χ0v) is 11.2. The van der Waals surface area contributed by atoms with Gasteiger partial charge < -0.3 is 0 Å². The van der Waals surface area contributed by atoms with E-state index < -0.39 is 0 Å². The Bertz CT molecular complexity index is 250. The van der Waals surface area contributed by atoms with Crippen LogP contribution in [0.2, 0.25) is 4.25 Å². The summed E-state index contributed by atoms with van der Waals surface area (Å²) in [5.74, 6) is 0. The maximum atomic E-state index is 6.13. The van der Waals surface area contributed by atoms with Gasteiger partial charge in [-0.2, -0.15) is 0 Å². The molecule has 2 heteroatoms. The molecule has 0 unspecified atom stereocenters. The predicted molar refractivity (Wildman–Crippen MR) is 56.7 cm³/mol. The molecule has 0 bridgehead atoms. The van der Waals surface area contributed by atoms with Crippen molar-refractivity contribution in [1.29, 1.82) is 0 Å². The molecule has 0 fully saturated rings. The first-order valence-electron chi connectivity index (χ1n) is 4.19. The van der Waals surface area contributed by atoms with E-state index in [9.17, 15) is 0 Å². The molecule has 0 aromatic carbocycles. The molecule has 0 atom stereocenters. The molecule has 0 aliphatic heterocycles. The Morgan fingerprint density at radius 1 is 1.00 bits per heavy atom. The molecule has 2 radical (unpaired) electrons. The van der Waals surface area contributed by atoms with Gasteiger partial charge in [-0.05, 0) is 0 Å². The van der Waals surface area contributed by atoms with E-state index in [1.165, 1.54) is 22.3 Å². The number of halogens is 1. The summed E-state index contributed by atoms with van der Waals surface area (Å²) in [6.07, 6.45) is 0. The molecular formula is C10H15ClGe. The third-order valence-electron chi connectivity index (χ3n) is 3.38. The fourth-order valence-corrected chi connectivity index (χ4v) is 4.59. The van der Waals surface area contributed by atoms with E-state index in [-0.39, 0.29) is 18.7 Å². The molecule has 12 heavy (non-hydrogen) atoms. The summed E-state index contributed by atoms with van der Waals surface area (Å²) in [5.41, 5.74) is 5.90. The van der Waals surface area contributed by atoms with Crippen LogP contribution in [-0.2, 0) is 0 Å². The van der Waals surface area contributed by atoms with E-state index in [2.05, 4.69) is 34.6 Å². The average Bonchev–Trinajstić information content (AvgIpc) is 2.22. The number of rotatable bonds is 1. The van der Waals surface area contributed by atoms with Gasteiger partial charge in [0.1, 0.15) is 0 Å². The van der Waals surface area contributed by atoms with Gasteiger partial charge in [0, 0.05) is 0 Å². The van der Waals surface area contributed by atoms with Gasteiger partial charge in [-0.1, -0.05) is 0 Å². The van der Waals surface area contributed by atoms with Crippen LogP contribution in [0.3, 0.4) is 0 Å². The second-order valence-electron chi connectivity index (χ2n) is 3.72. The third kappa shape index (κ3) is 1.20. The molecule has 0 N–H and O–H groups in total. The molecule has 66 valence electrons. The van der Waals surface area contributed by atoms with Crippen molar-refractivity contribution in [3.05, 3.63) is 22.3 Å². The molecule has 1 aliphatic rings. The van der Waals surface area contributed by atoms with Crippen molar-refractivity contribution in [2.45, 2.75) is 38.9 Å². The average molecular weight is 243 g/mol. The fraction of sp³-hybridized carbons (Fsp3) is 0.600. The molecule has 1 aliphatic carbocycles. The van der Waals surface area contributed by atoms with Gasteiger partial charge in [-0.25, -0.2) is 0 Å². The summed E-state index contributed by atoms with van der Waals surface area (Å²) >= 11 is -0.388. The van der Waals surface area contributed by atoms with Crippen LogP contribution in [0.1, 0.15) is 34.6 Å². The van der Waals surface area contributed by atoms with Crippen molar-refractivity contribution in [1.82, 2.24) is 0 Å². The Morgan fingerprint density at radius 3 is 1.50 bits per heavy atom. The minimum atomic E-state index is -0.388. The van der Waals surface area contributed by atoms with Crippen LogP contribution in [0.15, 0.2) is 22.3 Å². The van der Waals surface area contributed by atoms with Gasteiger partial charge in [0.2, 0.25) is 0 Å². The van der Waals surface area contributed by atoms with Crippen LogP contribution < -0.4 is 0 Å². The van der Waals surface area contributed by atoms with Crippen LogP contribution in [-0.4, -0.2) is 14.5 Å². The summed E-state index contributed by atoms with van der Waals surface area (Å²) in [4.78, 5) is 0. The van der Waals surface area contributed by atoms with Crippen molar-refractivity contribution in [3.8, 4) is 0 Å². The second kappa shape index (κ2) is 3.23. The molecule has 0 nitrogen and oxygen atoms in total. The molecule has 1 rings (SSSR count). The molecule has 0 spiro atoms. The standard InChI is InChI=1S/C10H15ClGe/c1-6-7(2)9(4)10(5,12-11)8(6)3/h1-5H3. The molecule has 0 aromatic rings. The van der Waals surface area contributed by atoms with Gasteiger partial charge in [0.25, 0.3) is 0 Å². The summed E-state index contributed by atoms with van der Waals surface area (Å²) in [6, 6.07) is 0. The number of hydrogen-bond acceptors (Lipinski definition) is 0. The quantitative estimate of drug-likeness (QED) is 0.616. The molecule has 0 amide bonds. The van der Waals surface area contributed by atoms with E-state index in [4.69, 9.17) is 10.0 Å². The molecule has 0 saturated carbocycles. The van der Waals surface area contributed by atoms with Crippen LogP contribution in [0.25, 0.3) is 0 Å². The summed E-state index contributed by atoms with van der Waals surface area (Å²) in [7, 11) is 6.13. The van der Waals surface area contributed by atoms with Crippen molar-refractivity contribution in [2.75, 3.05) is 0 Å². The normalized spacial score (nSPS) is 22.5. The summed E-state index contributed by atoms with van der Waals surface area (Å²) in [6.45, 7) is 11.1. The Hall–Kier alpha value is 0.313. The Balaban J connectivity index is 3.25.